The third kappa shape index (κ3) is 4.57. The van der Waals surface area contributed by atoms with Crippen LogP contribution in [0.1, 0.15) is 23.0 Å². The molecule has 0 spiro atoms. The molecule has 0 unspecified atom stereocenters. The van der Waals surface area contributed by atoms with Crippen molar-refractivity contribution in [1.82, 2.24) is 10.3 Å². The summed E-state index contributed by atoms with van der Waals surface area (Å²) in [5.74, 6) is -0.148. The van der Waals surface area contributed by atoms with Crippen LogP contribution < -0.4 is 21.7 Å². The fourth-order valence-electron chi connectivity index (χ4n) is 1.47. The quantitative estimate of drug-likeness (QED) is 0.626. The zero-order valence-corrected chi connectivity index (χ0v) is 12.3. The first kappa shape index (κ1) is 16.0. The van der Waals surface area contributed by atoms with E-state index in [1.807, 2.05) is 11.9 Å². The number of hydrogen-bond acceptors (Lipinski definition) is 7. The molecule has 0 aliphatic heterocycles. The first-order valence-electron chi connectivity index (χ1n) is 6.13. The van der Waals surface area contributed by atoms with Gasteiger partial charge in [0.15, 0.2) is 5.13 Å². The van der Waals surface area contributed by atoms with E-state index in [-0.39, 0.29) is 24.9 Å². The van der Waals surface area contributed by atoms with Crippen LogP contribution in [0.4, 0.5) is 15.7 Å². The van der Waals surface area contributed by atoms with Gasteiger partial charge < -0.3 is 26.4 Å². The molecule has 9 heteroatoms. The van der Waals surface area contributed by atoms with Gasteiger partial charge in [-0.15, -0.1) is 0 Å². The van der Waals surface area contributed by atoms with E-state index in [0.29, 0.717) is 10.0 Å². The average molecular weight is 301 g/mol. The predicted molar refractivity (Wildman–Crippen MR) is 78.0 cm³/mol. The van der Waals surface area contributed by atoms with Crippen molar-refractivity contribution in [1.29, 1.82) is 0 Å². The number of rotatable bonds is 7. The SMILES string of the molecule is CCCN(C)c1nc(N)c(C(=O)NCCOC(N)=O)s1. The number of amides is 2. The summed E-state index contributed by atoms with van der Waals surface area (Å²) in [6, 6.07) is 0. The highest BCUT2D eigenvalue weighted by molar-refractivity contribution is 7.18. The second kappa shape index (κ2) is 7.53. The Hall–Kier alpha value is -2.03. The Morgan fingerprint density at radius 3 is 2.80 bits per heavy atom. The van der Waals surface area contributed by atoms with Gasteiger partial charge in [-0.3, -0.25) is 4.79 Å². The topological polar surface area (TPSA) is 124 Å². The van der Waals surface area contributed by atoms with Crippen molar-refractivity contribution in [3.63, 3.8) is 0 Å². The van der Waals surface area contributed by atoms with E-state index in [4.69, 9.17) is 11.5 Å². The monoisotopic (exact) mass is 301 g/mol. The van der Waals surface area contributed by atoms with E-state index in [9.17, 15) is 9.59 Å². The highest BCUT2D eigenvalue weighted by atomic mass is 32.1. The number of thiazole rings is 1. The molecular formula is C11H19N5O3S. The molecule has 1 aromatic heterocycles. The maximum Gasteiger partial charge on any atom is 0.404 e. The number of carbonyl (C=O) groups excluding carboxylic acids is 2. The number of nitrogens with zero attached hydrogens (tertiary/aromatic N) is 2. The molecule has 0 radical (unpaired) electrons. The Kier molecular flexibility index (Phi) is 6.04. The maximum atomic E-state index is 11.9. The van der Waals surface area contributed by atoms with Crippen LogP contribution >= 0.6 is 11.3 Å². The van der Waals surface area contributed by atoms with Gasteiger partial charge in [-0.25, -0.2) is 9.78 Å². The number of ether oxygens (including phenoxy) is 1. The normalized spacial score (nSPS) is 10.1. The molecule has 5 N–H and O–H groups in total. The molecule has 112 valence electrons. The minimum Gasteiger partial charge on any atom is -0.448 e. The van der Waals surface area contributed by atoms with Crippen LogP contribution in [-0.2, 0) is 4.74 Å². The summed E-state index contributed by atoms with van der Waals surface area (Å²) in [5.41, 5.74) is 10.5. The van der Waals surface area contributed by atoms with Crippen molar-refractivity contribution in [2.24, 2.45) is 5.73 Å². The van der Waals surface area contributed by atoms with Crippen LogP contribution in [0.5, 0.6) is 0 Å². The summed E-state index contributed by atoms with van der Waals surface area (Å²) >= 11 is 1.23. The first-order valence-corrected chi connectivity index (χ1v) is 6.95. The maximum absolute atomic E-state index is 11.9. The van der Waals surface area contributed by atoms with Crippen LogP contribution in [-0.4, -0.2) is 43.7 Å². The lowest BCUT2D eigenvalue weighted by Crippen LogP contribution is -2.28. The summed E-state index contributed by atoms with van der Waals surface area (Å²) in [6.07, 6.45) is 0.0992. The molecule has 8 nitrogen and oxygen atoms in total. The van der Waals surface area contributed by atoms with Crippen molar-refractivity contribution in [2.45, 2.75) is 13.3 Å². The van der Waals surface area contributed by atoms with Gasteiger partial charge in [0.2, 0.25) is 0 Å². The lowest BCUT2D eigenvalue weighted by molar-refractivity contribution is 0.0941. The fourth-order valence-corrected chi connectivity index (χ4v) is 2.36. The van der Waals surface area contributed by atoms with E-state index in [0.717, 1.165) is 13.0 Å². The molecule has 1 heterocycles. The Morgan fingerprint density at radius 2 is 2.20 bits per heavy atom. The third-order valence-corrected chi connectivity index (χ3v) is 3.55. The van der Waals surface area contributed by atoms with Crippen molar-refractivity contribution in [2.75, 3.05) is 37.4 Å². The third-order valence-electron chi connectivity index (χ3n) is 2.37. The Bertz CT molecular complexity index is 477. The Balaban J connectivity index is 2.57. The smallest absolute Gasteiger partial charge is 0.404 e. The van der Waals surface area contributed by atoms with Crippen LogP contribution in [0.2, 0.25) is 0 Å². The minimum absolute atomic E-state index is 0.0162. The van der Waals surface area contributed by atoms with Gasteiger partial charge in [-0.2, -0.15) is 0 Å². The molecular weight excluding hydrogens is 282 g/mol. The van der Waals surface area contributed by atoms with Gasteiger partial charge in [-0.1, -0.05) is 18.3 Å². The van der Waals surface area contributed by atoms with Crippen molar-refractivity contribution < 1.29 is 14.3 Å². The summed E-state index contributed by atoms with van der Waals surface area (Å²) in [6.45, 7) is 3.07. The van der Waals surface area contributed by atoms with Gasteiger partial charge in [-0.05, 0) is 6.42 Å². The number of hydrogen-bond donors (Lipinski definition) is 3. The minimum atomic E-state index is -0.875. The molecule has 0 atom stereocenters. The largest absolute Gasteiger partial charge is 0.448 e. The van der Waals surface area contributed by atoms with Gasteiger partial charge in [0.1, 0.15) is 17.3 Å². The molecule has 0 aromatic carbocycles. The number of anilines is 2. The highest BCUT2D eigenvalue weighted by Crippen LogP contribution is 2.27. The van der Waals surface area contributed by atoms with Gasteiger partial charge >= 0.3 is 6.09 Å². The summed E-state index contributed by atoms with van der Waals surface area (Å²) in [4.78, 5) is 28.7. The fraction of sp³-hybridized carbons (Fsp3) is 0.545. The number of primary amides is 1. The van der Waals surface area contributed by atoms with E-state index in [1.165, 1.54) is 11.3 Å². The lowest BCUT2D eigenvalue weighted by atomic mass is 10.4. The Morgan fingerprint density at radius 1 is 1.50 bits per heavy atom. The second-order valence-electron chi connectivity index (χ2n) is 4.06. The molecule has 0 bridgehead atoms. The van der Waals surface area contributed by atoms with Crippen LogP contribution in [0.3, 0.4) is 0 Å². The van der Waals surface area contributed by atoms with Crippen molar-refractivity contribution in [3.05, 3.63) is 4.88 Å². The molecule has 20 heavy (non-hydrogen) atoms. The molecule has 0 saturated heterocycles. The van der Waals surface area contributed by atoms with E-state index >= 15 is 0 Å². The summed E-state index contributed by atoms with van der Waals surface area (Å²) in [5, 5.41) is 3.28. The van der Waals surface area contributed by atoms with Gasteiger partial charge in [0.05, 0.1) is 6.54 Å². The van der Waals surface area contributed by atoms with E-state index < -0.39 is 6.09 Å². The number of carbonyl (C=O) groups is 2. The van der Waals surface area contributed by atoms with E-state index in [1.54, 1.807) is 0 Å². The first-order chi connectivity index (χ1) is 9.45. The molecule has 0 fully saturated rings. The van der Waals surface area contributed by atoms with Crippen LogP contribution in [0.25, 0.3) is 0 Å². The predicted octanol–water partition coefficient (Wildman–Crippen LogP) is 0.397. The molecule has 0 aliphatic carbocycles. The lowest BCUT2D eigenvalue weighted by Gasteiger charge is -2.13. The van der Waals surface area contributed by atoms with Crippen LogP contribution in [0.15, 0.2) is 0 Å². The standard InChI is InChI=1S/C11H19N5O3S/c1-3-5-16(2)11-15-8(12)7(20-11)9(17)14-4-6-19-10(13)18/h3-6,12H2,1-2H3,(H2,13,18)(H,14,17). The Labute approximate surface area is 121 Å². The van der Waals surface area contributed by atoms with Gasteiger partial charge in [0.25, 0.3) is 5.91 Å². The number of nitrogens with two attached hydrogens (primary N) is 2. The number of nitrogen functional groups attached to an aromatic ring is 1. The molecule has 1 rings (SSSR count). The molecule has 1 aromatic rings. The van der Waals surface area contributed by atoms with E-state index in [2.05, 4.69) is 22.0 Å². The van der Waals surface area contributed by atoms with Crippen molar-refractivity contribution in [3.8, 4) is 0 Å². The summed E-state index contributed by atoms with van der Waals surface area (Å²) in [7, 11) is 1.89. The molecule has 0 aliphatic rings. The zero-order chi connectivity index (χ0) is 15.1. The molecule has 0 saturated carbocycles. The average Bonchev–Trinajstić information content (AvgIpc) is 2.77. The second-order valence-corrected chi connectivity index (χ2v) is 5.03. The number of aromatic nitrogens is 1. The summed E-state index contributed by atoms with van der Waals surface area (Å²) < 4.78 is 4.51. The highest BCUT2D eigenvalue weighted by Gasteiger charge is 2.17. The van der Waals surface area contributed by atoms with Crippen LogP contribution in [0, 0.1) is 0 Å². The number of nitrogens with one attached hydrogen (secondary N) is 1. The van der Waals surface area contributed by atoms with Gasteiger partial charge in [0, 0.05) is 13.6 Å². The van der Waals surface area contributed by atoms with Crippen molar-refractivity contribution >= 4 is 34.3 Å². The zero-order valence-electron chi connectivity index (χ0n) is 11.5. The molecule has 2 amide bonds.